The molecule has 1 N–H and O–H groups in total. The Morgan fingerprint density at radius 1 is 0.756 bits per heavy atom. The summed E-state index contributed by atoms with van der Waals surface area (Å²) in [5.74, 6) is 0.182. The molecular formula is C31H23Cl2N3O5. The Bertz CT molecular complexity index is 1740. The van der Waals surface area contributed by atoms with E-state index in [9.17, 15) is 9.59 Å². The summed E-state index contributed by atoms with van der Waals surface area (Å²) in [5.41, 5.74) is 4.55. The Morgan fingerprint density at radius 3 is 1.93 bits per heavy atom. The van der Waals surface area contributed by atoms with Crippen LogP contribution in [0.25, 0.3) is 33.5 Å². The zero-order valence-electron chi connectivity index (χ0n) is 22.0. The smallest absolute Gasteiger partial charge is 0.338 e. The van der Waals surface area contributed by atoms with Crippen molar-refractivity contribution in [2.24, 2.45) is 0 Å². The van der Waals surface area contributed by atoms with E-state index in [1.54, 1.807) is 50.6 Å². The quantitative estimate of drug-likeness (QED) is 0.193. The van der Waals surface area contributed by atoms with Crippen LogP contribution in [0, 0.1) is 0 Å². The van der Waals surface area contributed by atoms with Crippen molar-refractivity contribution < 1.29 is 23.8 Å². The van der Waals surface area contributed by atoms with Gasteiger partial charge in [-0.2, -0.15) is 0 Å². The molecule has 8 nitrogen and oxygen atoms in total. The molecule has 0 bridgehead atoms. The van der Waals surface area contributed by atoms with Crippen LogP contribution in [0.3, 0.4) is 0 Å². The molecule has 0 saturated carbocycles. The van der Waals surface area contributed by atoms with Gasteiger partial charge >= 0.3 is 5.97 Å². The number of methoxy groups -OCH3 is 2. The van der Waals surface area contributed by atoms with Crippen molar-refractivity contribution in [3.05, 3.63) is 101 Å². The van der Waals surface area contributed by atoms with Gasteiger partial charge in [0, 0.05) is 11.1 Å². The molecule has 0 radical (unpaired) electrons. The number of carbonyl (C=O) groups is 2. The molecular weight excluding hydrogens is 565 g/mol. The highest BCUT2D eigenvalue weighted by atomic mass is 35.5. The van der Waals surface area contributed by atoms with E-state index in [1.165, 1.54) is 0 Å². The number of carbonyl (C=O) groups excluding carboxylic acids is 2. The van der Waals surface area contributed by atoms with Crippen LogP contribution in [0.5, 0.6) is 11.5 Å². The lowest BCUT2D eigenvalue weighted by atomic mass is 10.0. The van der Waals surface area contributed by atoms with Gasteiger partial charge < -0.3 is 19.5 Å². The molecule has 41 heavy (non-hydrogen) atoms. The molecule has 0 atom stereocenters. The lowest BCUT2D eigenvalue weighted by Gasteiger charge is -2.12. The molecule has 5 rings (SSSR count). The summed E-state index contributed by atoms with van der Waals surface area (Å²) in [6, 6.07) is 24.7. The van der Waals surface area contributed by atoms with Gasteiger partial charge in [-0.25, -0.2) is 14.8 Å². The third kappa shape index (κ3) is 6.24. The number of rotatable bonds is 8. The zero-order chi connectivity index (χ0) is 28.9. The van der Waals surface area contributed by atoms with E-state index >= 15 is 0 Å². The molecule has 5 aromatic rings. The fraction of sp³-hybridized carbons (Fsp3) is 0.0968. The van der Waals surface area contributed by atoms with Crippen LogP contribution in [0.1, 0.15) is 10.4 Å². The van der Waals surface area contributed by atoms with Gasteiger partial charge in [0.25, 0.3) is 5.91 Å². The second kappa shape index (κ2) is 12.2. The molecule has 0 saturated heterocycles. The summed E-state index contributed by atoms with van der Waals surface area (Å²) in [6.07, 6.45) is 0. The van der Waals surface area contributed by atoms with Gasteiger partial charge in [0.15, 0.2) is 6.61 Å². The van der Waals surface area contributed by atoms with Gasteiger partial charge in [0.2, 0.25) is 0 Å². The van der Waals surface area contributed by atoms with Crippen molar-refractivity contribution in [2.75, 3.05) is 26.1 Å². The first-order chi connectivity index (χ1) is 19.9. The van der Waals surface area contributed by atoms with Gasteiger partial charge in [-0.05, 0) is 78.9 Å². The van der Waals surface area contributed by atoms with Crippen molar-refractivity contribution in [3.8, 4) is 34.0 Å². The van der Waals surface area contributed by atoms with Crippen molar-refractivity contribution in [3.63, 3.8) is 0 Å². The molecule has 0 aliphatic heterocycles. The van der Waals surface area contributed by atoms with E-state index in [-0.39, 0.29) is 10.6 Å². The number of hydrogen-bond donors (Lipinski definition) is 1. The second-order valence-electron chi connectivity index (χ2n) is 8.81. The Kier molecular flexibility index (Phi) is 8.33. The lowest BCUT2D eigenvalue weighted by molar-refractivity contribution is -0.119. The van der Waals surface area contributed by atoms with E-state index in [4.69, 9.17) is 47.4 Å². The van der Waals surface area contributed by atoms with Crippen molar-refractivity contribution in [1.82, 2.24) is 9.97 Å². The number of nitrogens with one attached hydrogen (secondary N) is 1. The van der Waals surface area contributed by atoms with E-state index in [0.29, 0.717) is 38.9 Å². The molecule has 0 aliphatic rings. The van der Waals surface area contributed by atoms with Crippen LogP contribution in [-0.2, 0) is 9.53 Å². The summed E-state index contributed by atoms with van der Waals surface area (Å²) in [5, 5.41) is 3.07. The largest absolute Gasteiger partial charge is 0.497 e. The maximum absolute atomic E-state index is 12.8. The highest BCUT2D eigenvalue weighted by Crippen LogP contribution is 2.33. The number of aromatic nitrogens is 2. The number of esters is 1. The molecule has 1 heterocycles. The number of amides is 1. The average Bonchev–Trinajstić information content (AvgIpc) is 3.01. The molecule has 0 fully saturated rings. The lowest BCUT2D eigenvalue weighted by Crippen LogP contribution is -2.21. The van der Waals surface area contributed by atoms with Crippen LogP contribution in [0.4, 0.5) is 5.69 Å². The molecule has 4 aromatic carbocycles. The third-order valence-corrected chi connectivity index (χ3v) is 7.01. The van der Waals surface area contributed by atoms with E-state index in [1.807, 2.05) is 48.5 Å². The number of anilines is 1. The van der Waals surface area contributed by atoms with Crippen LogP contribution < -0.4 is 14.8 Å². The highest BCUT2D eigenvalue weighted by molar-refractivity contribution is 6.44. The third-order valence-electron chi connectivity index (χ3n) is 6.19. The number of halogens is 2. The Balaban J connectivity index is 1.43. The standard InChI is InChI=1S/C31H23Cl2N3O5/c1-39-21-11-6-18(7-12-21)29-30(19-8-13-22(40-2)14-9-19)36-26-16-20(10-15-24(26)35-29)31(38)41-17-27(37)34-25-5-3-4-23(32)28(25)33/h3-16H,17H2,1-2H3,(H,34,37). The van der Waals surface area contributed by atoms with E-state index in [0.717, 1.165) is 16.9 Å². The molecule has 0 spiro atoms. The first-order valence-corrected chi connectivity index (χ1v) is 13.1. The average molecular weight is 588 g/mol. The number of hydrogen-bond acceptors (Lipinski definition) is 7. The first-order valence-electron chi connectivity index (χ1n) is 12.4. The summed E-state index contributed by atoms with van der Waals surface area (Å²) < 4.78 is 15.8. The summed E-state index contributed by atoms with van der Waals surface area (Å²) in [6.45, 7) is -0.515. The number of nitrogens with zero attached hydrogens (tertiary/aromatic N) is 2. The maximum atomic E-state index is 12.8. The van der Waals surface area contributed by atoms with Crippen molar-refractivity contribution >= 4 is 51.8 Å². The van der Waals surface area contributed by atoms with Gasteiger partial charge in [-0.3, -0.25) is 4.79 Å². The predicted molar refractivity (Wildman–Crippen MR) is 159 cm³/mol. The van der Waals surface area contributed by atoms with Crippen LogP contribution in [0.15, 0.2) is 84.9 Å². The second-order valence-corrected chi connectivity index (χ2v) is 9.59. The normalized spacial score (nSPS) is 10.7. The summed E-state index contributed by atoms with van der Waals surface area (Å²) in [7, 11) is 3.21. The minimum Gasteiger partial charge on any atom is -0.497 e. The predicted octanol–water partition coefficient (Wildman–Crippen LogP) is 7.08. The fourth-order valence-corrected chi connectivity index (χ4v) is 4.43. The topological polar surface area (TPSA) is 99.6 Å². The van der Waals surface area contributed by atoms with Gasteiger partial charge in [0.05, 0.1) is 57.9 Å². The molecule has 0 unspecified atom stereocenters. The Morgan fingerprint density at radius 2 is 1.34 bits per heavy atom. The van der Waals surface area contributed by atoms with E-state index in [2.05, 4.69) is 5.32 Å². The zero-order valence-corrected chi connectivity index (χ0v) is 23.5. The SMILES string of the molecule is COc1ccc(-c2nc3ccc(C(=O)OCC(=O)Nc4cccc(Cl)c4Cl)cc3nc2-c2ccc(OC)cc2)cc1. The monoisotopic (exact) mass is 587 g/mol. The number of ether oxygens (including phenoxy) is 3. The van der Waals surface area contributed by atoms with Gasteiger partial charge in [-0.15, -0.1) is 0 Å². The van der Waals surface area contributed by atoms with Crippen molar-refractivity contribution in [2.45, 2.75) is 0 Å². The van der Waals surface area contributed by atoms with Crippen LogP contribution >= 0.6 is 23.2 Å². The minimum atomic E-state index is -0.689. The molecule has 10 heteroatoms. The maximum Gasteiger partial charge on any atom is 0.338 e. The van der Waals surface area contributed by atoms with Crippen molar-refractivity contribution in [1.29, 1.82) is 0 Å². The van der Waals surface area contributed by atoms with Crippen LogP contribution in [0.2, 0.25) is 10.0 Å². The molecule has 1 amide bonds. The fourth-order valence-electron chi connectivity index (χ4n) is 4.08. The summed E-state index contributed by atoms with van der Waals surface area (Å²) in [4.78, 5) is 34.9. The highest BCUT2D eigenvalue weighted by Gasteiger charge is 2.17. The molecule has 0 aliphatic carbocycles. The minimum absolute atomic E-state index is 0.198. The van der Waals surface area contributed by atoms with Crippen LogP contribution in [-0.4, -0.2) is 42.7 Å². The Labute approximate surface area is 245 Å². The van der Waals surface area contributed by atoms with E-state index < -0.39 is 18.5 Å². The number of benzene rings is 4. The summed E-state index contributed by atoms with van der Waals surface area (Å²) >= 11 is 12.1. The van der Waals surface area contributed by atoms with Gasteiger partial charge in [0.1, 0.15) is 11.5 Å². The Hall–Kier alpha value is -4.66. The van der Waals surface area contributed by atoms with Gasteiger partial charge in [-0.1, -0.05) is 29.3 Å². The first kappa shape index (κ1) is 27.9. The molecule has 206 valence electrons. The molecule has 1 aromatic heterocycles. The number of fused-ring (bicyclic) bond motifs is 1.